The number of thiazole rings is 1. The van der Waals surface area contributed by atoms with E-state index in [4.69, 9.17) is 11.6 Å². The van der Waals surface area contributed by atoms with Crippen LogP contribution in [0.5, 0.6) is 0 Å². The largest absolute Gasteiger partial charge is 0.315 e. The Morgan fingerprint density at radius 2 is 1.97 bits per heavy atom. The zero-order chi connectivity index (χ0) is 24.5. The maximum Gasteiger partial charge on any atom is 0.252 e. The van der Waals surface area contributed by atoms with E-state index in [-0.39, 0.29) is 17.3 Å². The minimum Gasteiger partial charge on any atom is -0.315 e. The molecule has 0 saturated carbocycles. The van der Waals surface area contributed by atoms with Gasteiger partial charge in [-0.05, 0) is 74.4 Å². The minimum absolute atomic E-state index is 0.140. The number of amides is 1. The first-order chi connectivity index (χ1) is 16.2. The van der Waals surface area contributed by atoms with Crippen LogP contribution in [-0.4, -0.2) is 48.3 Å². The Balaban J connectivity index is 1.65. The molecule has 1 saturated heterocycles. The maximum absolute atomic E-state index is 13.3. The molecule has 10 heteroatoms. The van der Waals surface area contributed by atoms with Crippen molar-refractivity contribution in [1.82, 2.24) is 8.87 Å². The molecule has 3 aromatic rings. The number of sulfonamides is 1. The van der Waals surface area contributed by atoms with E-state index in [0.717, 1.165) is 22.5 Å². The lowest BCUT2D eigenvalue weighted by Crippen LogP contribution is -2.42. The van der Waals surface area contributed by atoms with Crippen molar-refractivity contribution < 1.29 is 13.2 Å². The fraction of sp³-hybridized carbons (Fsp3) is 0.417. The van der Waals surface area contributed by atoms with Crippen molar-refractivity contribution in [3.63, 3.8) is 0 Å². The summed E-state index contributed by atoms with van der Waals surface area (Å²) in [4.78, 5) is 18.7. The van der Waals surface area contributed by atoms with Gasteiger partial charge in [-0.15, -0.1) is 0 Å². The van der Waals surface area contributed by atoms with Gasteiger partial charge < -0.3 is 4.57 Å². The molecule has 1 aliphatic rings. The first kappa shape index (κ1) is 25.4. The van der Waals surface area contributed by atoms with Gasteiger partial charge in [-0.1, -0.05) is 29.0 Å². The summed E-state index contributed by atoms with van der Waals surface area (Å²) in [7, 11) is -3.69. The lowest BCUT2D eigenvalue weighted by molar-refractivity contribution is -0.122. The van der Waals surface area contributed by atoms with Crippen molar-refractivity contribution in [2.75, 3.05) is 25.1 Å². The van der Waals surface area contributed by atoms with Crippen molar-refractivity contribution >= 4 is 60.8 Å². The van der Waals surface area contributed by atoms with Gasteiger partial charge in [0.15, 0.2) is 4.80 Å². The summed E-state index contributed by atoms with van der Waals surface area (Å²) in [6.07, 6.45) is 3.31. The summed E-state index contributed by atoms with van der Waals surface area (Å²) in [5.41, 5.74) is 3.44. The summed E-state index contributed by atoms with van der Waals surface area (Å²) in [5.74, 6) is 0.198. The van der Waals surface area contributed by atoms with Crippen molar-refractivity contribution in [3.8, 4) is 0 Å². The van der Waals surface area contributed by atoms with Gasteiger partial charge in [0, 0.05) is 30.4 Å². The van der Waals surface area contributed by atoms with Gasteiger partial charge in [0.1, 0.15) is 0 Å². The van der Waals surface area contributed by atoms with E-state index in [1.54, 1.807) is 23.9 Å². The third kappa shape index (κ3) is 5.28. The van der Waals surface area contributed by atoms with Crippen LogP contribution in [0.2, 0.25) is 5.02 Å². The molecule has 4 rings (SSSR count). The zero-order valence-electron chi connectivity index (χ0n) is 19.5. The minimum atomic E-state index is -3.69. The molecule has 1 aliphatic heterocycles. The van der Waals surface area contributed by atoms with E-state index >= 15 is 0 Å². The lowest BCUT2D eigenvalue weighted by Gasteiger charge is -2.30. The maximum atomic E-state index is 13.3. The molecule has 1 amide bonds. The fourth-order valence-corrected chi connectivity index (χ4v) is 7.43. The van der Waals surface area contributed by atoms with Crippen LogP contribution in [0.15, 0.2) is 46.3 Å². The van der Waals surface area contributed by atoms with E-state index in [0.29, 0.717) is 29.2 Å². The number of thioether (sulfide) groups is 1. The number of piperidine rings is 1. The first-order valence-electron chi connectivity index (χ1n) is 11.1. The van der Waals surface area contributed by atoms with Gasteiger partial charge in [0.05, 0.1) is 21.0 Å². The molecular formula is C24H28ClN3O3S3. The summed E-state index contributed by atoms with van der Waals surface area (Å²) < 4.78 is 30.9. The molecule has 0 spiro atoms. The van der Waals surface area contributed by atoms with Gasteiger partial charge in [-0.25, -0.2) is 8.42 Å². The number of fused-ring (bicyclic) bond motifs is 1. The molecule has 1 fully saturated rings. The Hall–Kier alpha value is -1.65. The zero-order valence-corrected chi connectivity index (χ0v) is 22.7. The number of nitrogens with zero attached hydrogens (tertiary/aromatic N) is 3. The van der Waals surface area contributed by atoms with E-state index in [1.807, 2.05) is 0 Å². The first-order valence-corrected chi connectivity index (χ1v) is 15.2. The predicted octanol–water partition coefficient (Wildman–Crippen LogP) is 4.86. The van der Waals surface area contributed by atoms with Crippen molar-refractivity contribution in [1.29, 1.82) is 0 Å². The second-order valence-corrected chi connectivity index (χ2v) is 12.9. The molecule has 0 aliphatic carbocycles. The van der Waals surface area contributed by atoms with Crippen LogP contribution in [-0.2, 0) is 21.4 Å². The van der Waals surface area contributed by atoms with Gasteiger partial charge in [0.2, 0.25) is 10.0 Å². The molecule has 0 N–H and O–H groups in total. The average molecular weight is 538 g/mol. The number of halogens is 1. The molecule has 182 valence electrons. The second kappa shape index (κ2) is 10.5. The molecule has 1 unspecified atom stereocenters. The SMILES string of the molecule is CSCCn1c(=NC(=O)C2CCCN(S(=O)(=O)c3ccc(Cl)cc3)C2)sc2c(C)cc(C)cc21. The smallest absolute Gasteiger partial charge is 0.252 e. The van der Waals surface area contributed by atoms with Crippen LogP contribution in [0.1, 0.15) is 24.0 Å². The fourth-order valence-electron chi connectivity index (χ4n) is 4.30. The molecule has 2 heterocycles. The number of aromatic nitrogens is 1. The Morgan fingerprint density at radius 3 is 2.68 bits per heavy atom. The molecule has 0 radical (unpaired) electrons. The highest BCUT2D eigenvalue weighted by Gasteiger charge is 2.33. The Kier molecular flexibility index (Phi) is 7.89. The highest BCUT2D eigenvalue weighted by molar-refractivity contribution is 7.98. The van der Waals surface area contributed by atoms with E-state index in [2.05, 4.69) is 41.8 Å². The standard InChI is InChI=1S/C24H28ClN3O3S3/c1-16-13-17(2)22-21(14-16)28(11-12-32-3)24(33-22)26-23(29)18-5-4-10-27(15-18)34(30,31)20-8-6-19(25)7-9-20/h6-9,13-14,18H,4-5,10-12,15H2,1-3H3. The van der Waals surface area contributed by atoms with E-state index in [1.165, 1.54) is 38.9 Å². The highest BCUT2D eigenvalue weighted by atomic mass is 35.5. The Labute approximate surface area is 213 Å². The van der Waals surface area contributed by atoms with Gasteiger partial charge in [-0.2, -0.15) is 21.1 Å². The van der Waals surface area contributed by atoms with Crippen molar-refractivity contribution in [3.05, 3.63) is 57.3 Å². The summed E-state index contributed by atoms with van der Waals surface area (Å²) in [6, 6.07) is 10.4. The van der Waals surface area contributed by atoms with E-state index < -0.39 is 15.9 Å². The third-order valence-electron chi connectivity index (χ3n) is 6.02. The number of aryl methyl sites for hydroxylation is 3. The number of benzene rings is 2. The molecule has 34 heavy (non-hydrogen) atoms. The third-order valence-corrected chi connectivity index (χ3v) is 9.98. The summed E-state index contributed by atoms with van der Waals surface area (Å²) in [6.45, 7) is 5.45. The normalized spacial score (nSPS) is 18.0. The van der Waals surface area contributed by atoms with E-state index in [9.17, 15) is 13.2 Å². The van der Waals surface area contributed by atoms with Gasteiger partial charge in [0.25, 0.3) is 5.91 Å². The second-order valence-electron chi connectivity index (χ2n) is 8.57. The number of rotatable bonds is 6. The Morgan fingerprint density at radius 1 is 1.24 bits per heavy atom. The van der Waals surface area contributed by atoms with Crippen molar-refractivity contribution in [2.24, 2.45) is 10.9 Å². The number of carbonyl (C=O) groups excluding carboxylic acids is 1. The van der Waals surface area contributed by atoms with Crippen LogP contribution in [0, 0.1) is 19.8 Å². The van der Waals surface area contributed by atoms with Crippen LogP contribution >= 0.6 is 34.7 Å². The quantitative estimate of drug-likeness (QED) is 0.450. The van der Waals surface area contributed by atoms with Crippen LogP contribution in [0.3, 0.4) is 0 Å². The molecule has 6 nitrogen and oxygen atoms in total. The number of carbonyl (C=O) groups is 1. The van der Waals surface area contributed by atoms with Crippen LogP contribution < -0.4 is 4.80 Å². The Bertz CT molecular complexity index is 1380. The topological polar surface area (TPSA) is 71.7 Å². The van der Waals surface area contributed by atoms with Crippen LogP contribution in [0.25, 0.3) is 10.2 Å². The molecule has 1 atom stereocenters. The molecule has 0 bridgehead atoms. The van der Waals surface area contributed by atoms with Crippen molar-refractivity contribution in [2.45, 2.75) is 38.1 Å². The number of hydrogen-bond donors (Lipinski definition) is 0. The summed E-state index contributed by atoms with van der Waals surface area (Å²) >= 11 is 9.19. The average Bonchev–Trinajstić information content (AvgIpc) is 3.15. The van der Waals surface area contributed by atoms with Gasteiger partial charge >= 0.3 is 0 Å². The van der Waals surface area contributed by atoms with Crippen LogP contribution in [0.4, 0.5) is 0 Å². The number of hydrogen-bond acceptors (Lipinski definition) is 5. The summed E-state index contributed by atoms with van der Waals surface area (Å²) in [5, 5.41) is 0.480. The highest BCUT2D eigenvalue weighted by Crippen LogP contribution is 2.27. The van der Waals surface area contributed by atoms with Gasteiger partial charge in [-0.3, -0.25) is 4.79 Å². The molecular weight excluding hydrogens is 510 g/mol. The molecule has 2 aromatic carbocycles. The molecule has 1 aromatic heterocycles. The predicted molar refractivity (Wildman–Crippen MR) is 141 cm³/mol. The monoisotopic (exact) mass is 537 g/mol. The lowest BCUT2D eigenvalue weighted by atomic mass is 9.99.